The minimum absolute atomic E-state index is 0.156. The van der Waals surface area contributed by atoms with E-state index in [1.54, 1.807) is 17.0 Å². The van der Waals surface area contributed by atoms with E-state index < -0.39 is 16.1 Å². The number of halogens is 1. The molecule has 0 spiro atoms. The van der Waals surface area contributed by atoms with Gasteiger partial charge < -0.3 is 4.90 Å². The van der Waals surface area contributed by atoms with Gasteiger partial charge in [-0.3, -0.25) is 4.79 Å². The van der Waals surface area contributed by atoms with Gasteiger partial charge in [0.05, 0.1) is 4.90 Å². The molecule has 1 aromatic rings. The van der Waals surface area contributed by atoms with E-state index in [0.29, 0.717) is 19.5 Å². The number of sulfonamides is 1. The number of carbonyl (C=O) groups is 1. The Morgan fingerprint density at radius 2 is 1.65 bits per heavy atom. The molecule has 0 aliphatic heterocycles. The number of nitrogens with one attached hydrogen (secondary N) is 1. The molecule has 0 fully saturated rings. The van der Waals surface area contributed by atoms with Crippen molar-refractivity contribution in [3.63, 3.8) is 0 Å². The lowest BCUT2D eigenvalue weighted by Crippen LogP contribution is -2.48. The highest BCUT2D eigenvalue weighted by Gasteiger charge is 2.27. The first kappa shape index (κ1) is 20.1. The minimum atomic E-state index is -3.72. The SMILES string of the molecule is CCCN(CCC)C(=O)C(CC)NS(=O)(=O)c1ccc(Br)cc1. The average molecular weight is 405 g/mol. The fourth-order valence-electron chi connectivity index (χ4n) is 2.27. The summed E-state index contributed by atoms with van der Waals surface area (Å²) in [7, 11) is -3.72. The van der Waals surface area contributed by atoms with Crippen molar-refractivity contribution in [2.75, 3.05) is 13.1 Å². The quantitative estimate of drug-likeness (QED) is 0.687. The first-order chi connectivity index (χ1) is 10.9. The third-order valence-electron chi connectivity index (χ3n) is 3.43. The van der Waals surface area contributed by atoms with Gasteiger partial charge in [-0.2, -0.15) is 4.72 Å². The van der Waals surface area contributed by atoms with Gasteiger partial charge in [-0.15, -0.1) is 0 Å². The highest BCUT2D eigenvalue weighted by Crippen LogP contribution is 2.15. The molecule has 1 N–H and O–H groups in total. The number of benzene rings is 1. The van der Waals surface area contributed by atoms with Crippen LogP contribution in [0.15, 0.2) is 33.6 Å². The number of hydrogen-bond donors (Lipinski definition) is 1. The normalized spacial score (nSPS) is 12.9. The van der Waals surface area contributed by atoms with E-state index in [4.69, 9.17) is 0 Å². The van der Waals surface area contributed by atoms with Crippen LogP contribution >= 0.6 is 15.9 Å². The summed E-state index contributed by atoms with van der Waals surface area (Å²) in [6.07, 6.45) is 2.11. The Morgan fingerprint density at radius 1 is 1.13 bits per heavy atom. The van der Waals surface area contributed by atoms with Gasteiger partial charge in [0.1, 0.15) is 6.04 Å². The van der Waals surface area contributed by atoms with E-state index >= 15 is 0 Å². The smallest absolute Gasteiger partial charge is 0.241 e. The molecular formula is C16H25BrN2O3S. The Hall–Kier alpha value is -0.920. The summed E-state index contributed by atoms with van der Waals surface area (Å²) < 4.78 is 28.3. The average Bonchev–Trinajstić information content (AvgIpc) is 2.52. The fraction of sp³-hybridized carbons (Fsp3) is 0.562. The molecule has 1 unspecified atom stereocenters. The van der Waals surface area contributed by atoms with Crippen LogP contribution in [0, 0.1) is 0 Å². The van der Waals surface area contributed by atoms with Crippen LogP contribution < -0.4 is 4.72 Å². The first-order valence-electron chi connectivity index (χ1n) is 7.92. The van der Waals surface area contributed by atoms with Crippen LogP contribution in [-0.4, -0.2) is 38.4 Å². The third-order valence-corrected chi connectivity index (χ3v) is 5.44. The molecule has 1 aromatic carbocycles. The standard InChI is InChI=1S/C16H25BrN2O3S/c1-4-11-19(12-5-2)16(20)15(6-3)18-23(21,22)14-9-7-13(17)8-10-14/h7-10,15,18H,4-6,11-12H2,1-3H3. The maximum atomic E-state index is 12.6. The van der Waals surface area contributed by atoms with Gasteiger partial charge >= 0.3 is 0 Å². The number of nitrogens with zero attached hydrogens (tertiary/aromatic N) is 1. The molecule has 5 nitrogen and oxygen atoms in total. The molecule has 23 heavy (non-hydrogen) atoms. The van der Waals surface area contributed by atoms with Gasteiger partial charge in [-0.05, 0) is 43.5 Å². The van der Waals surface area contributed by atoms with Crippen LogP contribution in [0.1, 0.15) is 40.0 Å². The summed E-state index contributed by atoms with van der Waals surface area (Å²) in [4.78, 5) is 14.5. The summed E-state index contributed by atoms with van der Waals surface area (Å²) in [5.74, 6) is -0.156. The van der Waals surface area contributed by atoms with Crippen LogP contribution in [0.5, 0.6) is 0 Å². The Kier molecular flexibility index (Phi) is 8.22. The highest BCUT2D eigenvalue weighted by atomic mass is 79.9. The van der Waals surface area contributed by atoms with Crippen LogP contribution in [0.4, 0.5) is 0 Å². The summed E-state index contributed by atoms with van der Waals surface area (Å²) >= 11 is 3.28. The minimum Gasteiger partial charge on any atom is -0.341 e. The fourth-order valence-corrected chi connectivity index (χ4v) is 3.81. The first-order valence-corrected chi connectivity index (χ1v) is 10.2. The molecule has 7 heteroatoms. The molecule has 0 aliphatic carbocycles. The highest BCUT2D eigenvalue weighted by molar-refractivity contribution is 9.10. The molecule has 0 bridgehead atoms. The lowest BCUT2D eigenvalue weighted by atomic mass is 10.2. The van der Waals surface area contributed by atoms with Crippen LogP contribution in [0.25, 0.3) is 0 Å². The summed E-state index contributed by atoms with van der Waals surface area (Å²) in [6.45, 7) is 7.10. The monoisotopic (exact) mass is 404 g/mol. The molecule has 0 radical (unpaired) electrons. The molecule has 0 saturated heterocycles. The van der Waals surface area contributed by atoms with Crippen molar-refractivity contribution in [2.45, 2.75) is 51.0 Å². The lowest BCUT2D eigenvalue weighted by molar-refractivity contribution is -0.133. The zero-order valence-electron chi connectivity index (χ0n) is 13.9. The summed E-state index contributed by atoms with van der Waals surface area (Å²) in [5.41, 5.74) is 0. The van der Waals surface area contributed by atoms with Gasteiger partial charge in [0.15, 0.2) is 0 Å². The molecule has 0 aromatic heterocycles. The topological polar surface area (TPSA) is 66.5 Å². The van der Waals surface area contributed by atoms with Gasteiger partial charge in [0, 0.05) is 17.6 Å². The van der Waals surface area contributed by atoms with E-state index in [-0.39, 0.29) is 10.8 Å². The number of amides is 1. The predicted molar refractivity (Wildman–Crippen MR) is 95.7 cm³/mol. The van der Waals surface area contributed by atoms with Gasteiger partial charge in [-0.25, -0.2) is 8.42 Å². The number of rotatable bonds is 9. The number of hydrogen-bond acceptors (Lipinski definition) is 3. The van der Waals surface area contributed by atoms with Crippen LogP contribution in [0.3, 0.4) is 0 Å². The molecule has 0 aliphatic rings. The molecule has 1 atom stereocenters. The number of carbonyl (C=O) groups excluding carboxylic acids is 1. The van der Waals surface area contributed by atoms with Crippen molar-refractivity contribution in [3.8, 4) is 0 Å². The Labute approximate surface area is 147 Å². The molecule has 130 valence electrons. The van der Waals surface area contributed by atoms with E-state index in [1.165, 1.54) is 12.1 Å². The largest absolute Gasteiger partial charge is 0.341 e. The zero-order valence-corrected chi connectivity index (χ0v) is 16.3. The van der Waals surface area contributed by atoms with E-state index in [0.717, 1.165) is 17.3 Å². The van der Waals surface area contributed by atoms with Crippen molar-refractivity contribution in [1.82, 2.24) is 9.62 Å². The van der Waals surface area contributed by atoms with Crippen LogP contribution in [0.2, 0.25) is 0 Å². The van der Waals surface area contributed by atoms with E-state index in [9.17, 15) is 13.2 Å². The molecule has 0 heterocycles. The van der Waals surface area contributed by atoms with E-state index in [2.05, 4.69) is 20.7 Å². The maximum absolute atomic E-state index is 12.6. The predicted octanol–water partition coefficient (Wildman–Crippen LogP) is 3.15. The Balaban J connectivity index is 2.92. The third kappa shape index (κ3) is 5.90. The van der Waals surface area contributed by atoms with E-state index in [1.807, 2.05) is 20.8 Å². The zero-order chi connectivity index (χ0) is 17.5. The maximum Gasteiger partial charge on any atom is 0.241 e. The Bertz CT molecular complexity index is 596. The summed E-state index contributed by atoms with van der Waals surface area (Å²) in [5, 5.41) is 0. The lowest BCUT2D eigenvalue weighted by Gasteiger charge is -2.26. The second-order valence-corrected chi connectivity index (χ2v) is 7.99. The van der Waals surface area contributed by atoms with Crippen molar-refractivity contribution in [3.05, 3.63) is 28.7 Å². The van der Waals surface area contributed by atoms with Crippen molar-refractivity contribution in [2.24, 2.45) is 0 Å². The molecular weight excluding hydrogens is 380 g/mol. The second-order valence-electron chi connectivity index (χ2n) is 5.36. The molecule has 0 saturated carbocycles. The molecule has 1 amide bonds. The van der Waals surface area contributed by atoms with Crippen molar-refractivity contribution < 1.29 is 13.2 Å². The second kappa shape index (κ2) is 9.39. The summed E-state index contributed by atoms with van der Waals surface area (Å²) in [6, 6.07) is 5.62. The van der Waals surface area contributed by atoms with Gasteiger partial charge in [-0.1, -0.05) is 36.7 Å². The van der Waals surface area contributed by atoms with Crippen molar-refractivity contribution >= 4 is 31.9 Å². The Morgan fingerprint density at radius 3 is 2.09 bits per heavy atom. The van der Waals surface area contributed by atoms with Crippen molar-refractivity contribution in [1.29, 1.82) is 0 Å². The van der Waals surface area contributed by atoms with Gasteiger partial charge in [0.25, 0.3) is 0 Å². The van der Waals surface area contributed by atoms with Gasteiger partial charge in [0.2, 0.25) is 15.9 Å². The molecule has 1 rings (SSSR count). The van der Waals surface area contributed by atoms with Crippen LogP contribution in [-0.2, 0) is 14.8 Å².